The molecule has 1 aromatic carbocycles. The molecule has 0 bridgehead atoms. The Labute approximate surface area is 110 Å². The molecule has 6 nitrogen and oxygen atoms in total. The lowest BCUT2D eigenvalue weighted by molar-refractivity contribution is -0.152. The van der Waals surface area contributed by atoms with E-state index >= 15 is 0 Å². The van der Waals surface area contributed by atoms with Crippen LogP contribution in [0.4, 0.5) is 0 Å². The molecular formula is C13H15N3O3. The number of carbonyl (C=O) groups excluding carboxylic acids is 1. The Bertz CT molecular complexity index is 485. The number of rotatable bonds is 4. The van der Waals surface area contributed by atoms with Crippen LogP contribution >= 0.6 is 0 Å². The van der Waals surface area contributed by atoms with Gasteiger partial charge in [0, 0.05) is 4.91 Å². The first kappa shape index (κ1) is 13.4. The van der Waals surface area contributed by atoms with Gasteiger partial charge in [0.25, 0.3) is 0 Å². The lowest BCUT2D eigenvalue weighted by Crippen LogP contribution is -2.30. The number of nitrogens with zero attached hydrogens (tertiary/aromatic N) is 3. The van der Waals surface area contributed by atoms with Crippen LogP contribution in [0.2, 0.25) is 0 Å². The lowest BCUT2D eigenvalue weighted by Gasteiger charge is -2.15. The van der Waals surface area contributed by atoms with Crippen LogP contribution in [0.1, 0.15) is 18.4 Å². The van der Waals surface area contributed by atoms with Gasteiger partial charge in [-0.2, -0.15) is 0 Å². The van der Waals surface area contributed by atoms with Gasteiger partial charge in [0.05, 0.1) is 18.1 Å². The van der Waals surface area contributed by atoms with Crippen molar-refractivity contribution < 1.29 is 14.6 Å². The maximum Gasteiger partial charge on any atom is 0.311 e. The zero-order valence-corrected chi connectivity index (χ0v) is 10.3. The summed E-state index contributed by atoms with van der Waals surface area (Å²) in [6, 6.07) is 8.81. The van der Waals surface area contributed by atoms with Crippen LogP contribution < -0.4 is 0 Å². The Balaban J connectivity index is 1.89. The largest absolute Gasteiger partial charge is 0.461 e. The van der Waals surface area contributed by atoms with Crippen molar-refractivity contribution in [1.29, 1.82) is 0 Å². The molecule has 0 heterocycles. The molecular weight excluding hydrogens is 246 g/mol. The van der Waals surface area contributed by atoms with E-state index in [1.54, 1.807) is 0 Å². The number of ether oxygens (including phenoxy) is 1. The molecule has 0 spiro atoms. The van der Waals surface area contributed by atoms with E-state index in [0.29, 0.717) is 12.8 Å². The number of esters is 1. The molecule has 100 valence electrons. The minimum atomic E-state index is -0.945. The van der Waals surface area contributed by atoms with Crippen molar-refractivity contribution in [2.45, 2.75) is 31.6 Å². The zero-order valence-electron chi connectivity index (χ0n) is 10.3. The van der Waals surface area contributed by atoms with Gasteiger partial charge in [-0.1, -0.05) is 35.4 Å². The van der Waals surface area contributed by atoms with E-state index in [2.05, 4.69) is 10.0 Å². The summed E-state index contributed by atoms with van der Waals surface area (Å²) in [5.41, 5.74) is 9.25. The summed E-state index contributed by atoms with van der Waals surface area (Å²) in [5.74, 6) is -1.04. The number of hydrogen-bond acceptors (Lipinski definition) is 4. The minimum absolute atomic E-state index is 0.190. The second kappa shape index (κ2) is 6.22. The molecule has 2 rings (SSSR count). The average molecular weight is 261 g/mol. The van der Waals surface area contributed by atoms with Gasteiger partial charge in [-0.15, -0.1) is 0 Å². The Morgan fingerprint density at radius 3 is 2.84 bits per heavy atom. The third-order valence-corrected chi connectivity index (χ3v) is 3.31. The van der Waals surface area contributed by atoms with Crippen molar-refractivity contribution in [1.82, 2.24) is 0 Å². The van der Waals surface area contributed by atoms with E-state index in [1.807, 2.05) is 30.3 Å². The van der Waals surface area contributed by atoms with Crippen LogP contribution in [0.25, 0.3) is 10.4 Å². The van der Waals surface area contributed by atoms with Gasteiger partial charge in [0.15, 0.2) is 0 Å². The molecule has 0 amide bonds. The third-order valence-electron chi connectivity index (χ3n) is 3.31. The van der Waals surface area contributed by atoms with Gasteiger partial charge >= 0.3 is 5.97 Å². The van der Waals surface area contributed by atoms with Crippen LogP contribution in [-0.2, 0) is 16.1 Å². The molecule has 0 saturated heterocycles. The summed E-state index contributed by atoms with van der Waals surface area (Å²) in [7, 11) is 0. The second-order valence-corrected chi connectivity index (χ2v) is 4.54. The molecule has 1 N–H and O–H groups in total. The molecule has 1 aliphatic rings. The summed E-state index contributed by atoms with van der Waals surface area (Å²) in [6.45, 7) is 0.190. The fourth-order valence-corrected chi connectivity index (χ4v) is 2.25. The summed E-state index contributed by atoms with van der Waals surface area (Å²) in [6.07, 6.45) is 0.0496. The molecule has 6 heteroatoms. The number of azide groups is 1. The third kappa shape index (κ3) is 3.24. The topological polar surface area (TPSA) is 95.3 Å². The van der Waals surface area contributed by atoms with E-state index in [4.69, 9.17) is 10.3 Å². The lowest BCUT2D eigenvalue weighted by atomic mass is 10.1. The number of aliphatic hydroxyl groups is 1. The normalized spacial score (nSPS) is 25.6. The van der Waals surface area contributed by atoms with Crippen molar-refractivity contribution in [3.63, 3.8) is 0 Å². The minimum Gasteiger partial charge on any atom is -0.461 e. The van der Waals surface area contributed by atoms with Crippen molar-refractivity contribution in [2.24, 2.45) is 11.0 Å². The van der Waals surface area contributed by atoms with E-state index in [0.717, 1.165) is 5.56 Å². The van der Waals surface area contributed by atoms with Gasteiger partial charge in [-0.25, -0.2) is 0 Å². The highest BCUT2D eigenvalue weighted by Gasteiger charge is 2.39. The molecule has 0 radical (unpaired) electrons. The molecule has 1 aliphatic carbocycles. The first-order valence-electron chi connectivity index (χ1n) is 6.15. The highest BCUT2D eigenvalue weighted by Crippen LogP contribution is 2.29. The number of hydrogen-bond donors (Lipinski definition) is 1. The standard InChI is InChI=1S/C13H15N3O3/c14-16-15-11-7-6-10(12(11)17)13(18)19-8-9-4-2-1-3-5-9/h1-5,10-12,17H,6-8H2/t10-,11+,12+/m0/s1. The van der Waals surface area contributed by atoms with Gasteiger partial charge in [0.1, 0.15) is 6.61 Å². The molecule has 19 heavy (non-hydrogen) atoms. The molecule has 0 unspecified atom stereocenters. The first-order valence-corrected chi connectivity index (χ1v) is 6.15. The second-order valence-electron chi connectivity index (χ2n) is 4.54. The molecule has 1 fully saturated rings. The number of benzene rings is 1. The van der Waals surface area contributed by atoms with Crippen molar-refractivity contribution in [2.75, 3.05) is 0 Å². The number of carbonyl (C=O) groups is 1. The molecule has 3 atom stereocenters. The van der Waals surface area contributed by atoms with Crippen LogP contribution in [0.15, 0.2) is 35.4 Å². The van der Waals surface area contributed by atoms with Gasteiger partial charge in [-0.3, -0.25) is 4.79 Å². The predicted molar refractivity (Wildman–Crippen MR) is 67.9 cm³/mol. The Morgan fingerprint density at radius 1 is 1.42 bits per heavy atom. The average Bonchev–Trinajstić information content (AvgIpc) is 2.79. The molecule has 0 aliphatic heterocycles. The van der Waals surface area contributed by atoms with E-state index in [1.165, 1.54) is 0 Å². The van der Waals surface area contributed by atoms with Crippen LogP contribution in [0, 0.1) is 5.92 Å². The fraction of sp³-hybridized carbons (Fsp3) is 0.462. The fourth-order valence-electron chi connectivity index (χ4n) is 2.25. The molecule has 0 aromatic heterocycles. The smallest absolute Gasteiger partial charge is 0.311 e. The predicted octanol–water partition coefficient (Wildman–Crippen LogP) is 2.18. The quantitative estimate of drug-likeness (QED) is 0.389. The summed E-state index contributed by atoms with van der Waals surface area (Å²) >= 11 is 0. The van der Waals surface area contributed by atoms with E-state index in [9.17, 15) is 9.90 Å². The van der Waals surface area contributed by atoms with Crippen LogP contribution in [0.3, 0.4) is 0 Å². The summed E-state index contributed by atoms with van der Waals surface area (Å²) < 4.78 is 5.18. The van der Waals surface area contributed by atoms with E-state index < -0.39 is 24.0 Å². The highest BCUT2D eigenvalue weighted by atomic mass is 16.5. The zero-order chi connectivity index (χ0) is 13.7. The number of aliphatic hydroxyl groups excluding tert-OH is 1. The van der Waals surface area contributed by atoms with Crippen LogP contribution in [-0.4, -0.2) is 23.2 Å². The van der Waals surface area contributed by atoms with Crippen LogP contribution in [0.5, 0.6) is 0 Å². The van der Waals surface area contributed by atoms with Crippen molar-refractivity contribution in [3.8, 4) is 0 Å². The van der Waals surface area contributed by atoms with E-state index in [-0.39, 0.29) is 6.61 Å². The highest BCUT2D eigenvalue weighted by molar-refractivity contribution is 5.73. The molecule has 1 saturated carbocycles. The Kier molecular flexibility index (Phi) is 4.39. The summed E-state index contributed by atoms with van der Waals surface area (Å²) in [5, 5.41) is 13.4. The van der Waals surface area contributed by atoms with Gasteiger partial charge < -0.3 is 9.84 Å². The molecule has 1 aromatic rings. The Morgan fingerprint density at radius 2 is 2.16 bits per heavy atom. The Hall–Kier alpha value is -2.04. The monoisotopic (exact) mass is 261 g/mol. The maximum absolute atomic E-state index is 11.9. The van der Waals surface area contributed by atoms with Crippen molar-refractivity contribution in [3.05, 3.63) is 46.3 Å². The SMILES string of the molecule is [N-]=[N+]=N[C@@H]1CC[C@H](C(=O)OCc2ccccc2)[C@H]1O. The maximum atomic E-state index is 11.9. The van der Waals surface area contributed by atoms with Gasteiger partial charge in [-0.05, 0) is 23.9 Å². The van der Waals surface area contributed by atoms with Crippen molar-refractivity contribution >= 4 is 5.97 Å². The first-order chi connectivity index (χ1) is 9.22. The van der Waals surface area contributed by atoms with Gasteiger partial charge in [0.2, 0.25) is 0 Å². The summed E-state index contributed by atoms with van der Waals surface area (Å²) in [4.78, 5) is 14.5.